The van der Waals surface area contributed by atoms with Crippen LogP contribution in [0.2, 0.25) is 0 Å². The first kappa shape index (κ1) is 51.5. The average molecular weight is 1060 g/mol. The summed E-state index contributed by atoms with van der Waals surface area (Å²) in [5.74, 6) is 2.92. The minimum atomic E-state index is -3.13. The number of hydrogen-bond donors (Lipinski definition) is 4. The molecule has 0 saturated heterocycles. The number of ether oxygens (including phenoxy) is 2. The van der Waals surface area contributed by atoms with Crippen LogP contribution in [0, 0.1) is 0 Å². The van der Waals surface area contributed by atoms with Gasteiger partial charge in [-0.25, -0.2) is 9.97 Å². The second kappa shape index (κ2) is 21.0. The Hall–Kier alpha value is -7.94. The molecule has 2 aliphatic heterocycles. The highest BCUT2D eigenvalue weighted by atomic mass is 31.2. The predicted molar refractivity (Wildman–Crippen MR) is 310 cm³/mol. The minimum absolute atomic E-state index is 0.128. The molecular weight excluding hydrogens is 995 g/mol. The third-order valence-electron chi connectivity index (χ3n) is 14.3. The van der Waals surface area contributed by atoms with Gasteiger partial charge in [0.2, 0.25) is 11.9 Å². The van der Waals surface area contributed by atoms with Gasteiger partial charge >= 0.3 is 0 Å². The lowest BCUT2D eigenvalue weighted by atomic mass is 10.0. The summed E-state index contributed by atoms with van der Waals surface area (Å²) in [5.41, 5.74) is 12.6. The number of nitrogens with one attached hydrogen (secondary N) is 4. The number of likely N-dealkylation sites (N-methyl/N-ethyl adjacent to an activating group) is 2. The number of nitrogens with zero attached hydrogens (tertiary/aromatic N) is 10. The van der Waals surface area contributed by atoms with Crippen LogP contribution in [0.5, 0.6) is 11.5 Å². The lowest BCUT2D eigenvalue weighted by Gasteiger charge is -2.23. The number of aryl methyl sites for hydroxylation is 3. The van der Waals surface area contributed by atoms with Crippen molar-refractivity contribution in [2.24, 2.45) is 14.1 Å². The molecule has 2 aliphatic rings. The van der Waals surface area contributed by atoms with Crippen LogP contribution in [-0.2, 0) is 42.5 Å². The Bertz CT molecular complexity index is 3620. The minimum Gasteiger partial charge on any atom is -0.494 e. The van der Waals surface area contributed by atoms with Crippen LogP contribution >= 0.6 is 14.3 Å². The maximum absolute atomic E-state index is 15.1. The van der Waals surface area contributed by atoms with Gasteiger partial charge in [-0.2, -0.15) is 20.2 Å². The second-order valence-corrected chi connectivity index (χ2v) is 26.0. The van der Waals surface area contributed by atoms with Gasteiger partial charge in [-0.15, -0.1) is 0 Å². The Kier molecular flexibility index (Phi) is 14.2. The summed E-state index contributed by atoms with van der Waals surface area (Å²) in [6, 6.07) is 23.4. The molecule has 0 fully saturated rings. The number of hydrogen-bond acceptors (Lipinski definition) is 16. The van der Waals surface area contributed by atoms with Gasteiger partial charge in [0.1, 0.15) is 37.4 Å². The molecule has 76 heavy (non-hydrogen) atoms. The first-order chi connectivity index (χ1) is 36.5. The normalized spacial score (nSPS) is 13.8. The lowest BCUT2D eigenvalue weighted by molar-refractivity contribution is 0.343. The van der Waals surface area contributed by atoms with Crippen molar-refractivity contribution >= 4 is 88.6 Å². The molecule has 8 aromatic rings. The van der Waals surface area contributed by atoms with Gasteiger partial charge in [0.15, 0.2) is 0 Å². The summed E-state index contributed by atoms with van der Waals surface area (Å²) in [7, 11) is 4.00. The largest absolute Gasteiger partial charge is 0.494 e. The zero-order valence-electron chi connectivity index (χ0n) is 44.5. The maximum Gasteiger partial charge on any atom is 0.229 e. The fourth-order valence-corrected chi connectivity index (χ4v) is 12.8. The number of benzene rings is 4. The lowest BCUT2D eigenvalue weighted by Crippen LogP contribution is -2.20. The molecule has 0 aliphatic carbocycles. The van der Waals surface area contributed by atoms with E-state index in [-0.39, 0.29) is 12.8 Å². The summed E-state index contributed by atoms with van der Waals surface area (Å²) in [5, 5.41) is 24.4. The number of para-hydroxylation sites is 2. The van der Waals surface area contributed by atoms with E-state index in [4.69, 9.17) is 24.4 Å². The molecule has 1 atom stereocenters. The molecule has 1 unspecified atom stereocenters. The molecule has 6 heterocycles. The van der Waals surface area contributed by atoms with Gasteiger partial charge in [-0.3, -0.25) is 9.36 Å². The Morgan fingerprint density at radius 2 is 1.17 bits per heavy atom. The summed E-state index contributed by atoms with van der Waals surface area (Å²) < 4.78 is 44.9. The van der Waals surface area contributed by atoms with Crippen molar-refractivity contribution in [2.75, 3.05) is 98.1 Å². The highest BCUT2D eigenvalue weighted by molar-refractivity contribution is 7.71. The zero-order valence-corrected chi connectivity index (χ0v) is 46.3. The molecule has 0 saturated carbocycles. The van der Waals surface area contributed by atoms with Gasteiger partial charge in [-0.1, -0.05) is 43.8 Å². The van der Waals surface area contributed by atoms with E-state index < -0.39 is 14.3 Å². The van der Waals surface area contributed by atoms with Gasteiger partial charge in [0.05, 0.1) is 48.9 Å². The highest BCUT2D eigenvalue weighted by Gasteiger charge is 2.28. The van der Waals surface area contributed by atoms with E-state index in [2.05, 4.69) is 79.1 Å². The Balaban J connectivity index is 0.927. The molecule has 392 valence electrons. The third-order valence-corrected chi connectivity index (χ3v) is 18.3. The van der Waals surface area contributed by atoms with E-state index in [1.807, 2.05) is 103 Å². The standard InChI is InChI=1S/C56H64N14O4P2/c1-11-35-31-58-56(65-53(35)61-41-17-13-15-19-51(41)75(8,9)71)64-44-28-38-40-34-60-70(6)46(40)22-24-68(4)48(38)30-50(44)74-25-26-76(10,72)52-20-16-14-18-42(52)62-54-36(12-2)32-57-55(66-54)63-43-27-37-39-33-59-69(5)45(39)21-23-67(3)47(37)29-49(43)73-7/h12-20,27-34H,2,11,21-26H2,1,3-10H3,(H2,57,62,63,66)(H2,58,61,64,65). The second-order valence-electron chi connectivity index (χ2n) is 19.7. The topological polar surface area (TPSA) is 194 Å². The first-order valence-electron chi connectivity index (χ1n) is 25.2. The van der Waals surface area contributed by atoms with E-state index in [1.54, 1.807) is 45.6 Å². The molecule has 0 spiro atoms. The van der Waals surface area contributed by atoms with Crippen molar-refractivity contribution in [2.45, 2.75) is 26.2 Å². The van der Waals surface area contributed by atoms with Crippen molar-refractivity contribution in [1.29, 1.82) is 0 Å². The number of aromatic nitrogens is 8. The summed E-state index contributed by atoms with van der Waals surface area (Å²) >= 11 is 0. The van der Waals surface area contributed by atoms with E-state index in [1.165, 1.54) is 0 Å². The Morgan fingerprint density at radius 3 is 1.75 bits per heavy atom. The van der Waals surface area contributed by atoms with Crippen molar-refractivity contribution in [3.05, 3.63) is 127 Å². The van der Waals surface area contributed by atoms with E-state index in [0.717, 1.165) is 87.5 Å². The fourth-order valence-electron chi connectivity index (χ4n) is 9.96. The number of methoxy groups -OCH3 is 1. The average Bonchev–Trinajstić information content (AvgIpc) is 3.92. The highest BCUT2D eigenvalue weighted by Crippen LogP contribution is 2.47. The number of anilines is 10. The molecule has 0 bridgehead atoms. The predicted octanol–water partition coefficient (Wildman–Crippen LogP) is 10.2. The van der Waals surface area contributed by atoms with Crippen LogP contribution in [0.1, 0.15) is 29.4 Å². The molecule has 10 rings (SSSR count). The monoisotopic (exact) mass is 1060 g/mol. The van der Waals surface area contributed by atoms with E-state index >= 15 is 4.57 Å². The molecule has 4 N–H and O–H groups in total. The fraction of sp³-hybridized carbons (Fsp3) is 0.286. The molecule has 20 heteroatoms. The van der Waals surface area contributed by atoms with Gasteiger partial charge in [0.25, 0.3) is 0 Å². The zero-order chi connectivity index (χ0) is 53.5. The Morgan fingerprint density at radius 1 is 0.645 bits per heavy atom. The van der Waals surface area contributed by atoms with E-state index in [0.29, 0.717) is 69.4 Å². The maximum atomic E-state index is 15.1. The number of fused-ring (bicyclic) bond motifs is 6. The van der Waals surface area contributed by atoms with Crippen LogP contribution in [0.25, 0.3) is 28.3 Å². The molecule has 4 aromatic carbocycles. The number of rotatable bonds is 17. The molecule has 4 aromatic heterocycles. The summed E-state index contributed by atoms with van der Waals surface area (Å²) in [6.07, 6.45) is 11.6. The quantitative estimate of drug-likeness (QED) is 0.0629. The smallest absolute Gasteiger partial charge is 0.229 e. The molecular formula is C56H64N14O4P2. The van der Waals surface area contributed by atoms with Gasteiger partial charge < -0.3 is 49.7 Å². The van der Waals surface area contributed by atoms with Crippen LogP contribution in [0.3, 0.4) is 0 Å². The van der Waals surface area contributed by atoms with Crippen molar-refractivity contribution in [3.63, 3.8) is 0 Å². The van der Waals surface area contributed by atoms with Crippen LogP contribution < -0.4 is 51.1 Å². The third kappa shape index (κ3) is 10.3. The van der Waals surface area contributed by atoms with Crippen molar-refractivity contribution in [3.8, 4) is 33.8 Å². The molecule has 0 amide bonds. The van der Waals surface area contributed by atoms with Crippen molar-refractivity contribution < 1.29 is 18.6 Å². The first-order valence-corrected chi connectivity index (χ1v) is 30.2. The van der Waals surface area contributed by atoms with Crippen LogP contribution in [0.15, 0.2) is 104 Å². The van der Waals surface area contributed by atoms with Crippen molar-refractivity contribution in [1.82, 2.24) is 39.5 Å². The van der Waals surface area contributed by atoms with Crippen LogP contribution in [-0.4, -0.2) is 107 Å². The summed E-state index contributed by atoms with van der Waals surface area (Å²) in [4.78, 5) is 23.8. The van der Waals surface area contributed by atoms with Gasteiger partial charge in [0, 0.05) is 152 Å². The molecule has 18 nitrogen and oxygen atoms in total. The SMILES string of the molecule is C=Cc1cnc(Nc2cc3c(cc2OC)N(C)CCc2c-3cnn2C)nc1Nc1ccccc1P(C)(=O)CCOc1cc2c(cc1Nc1ncc(CC)c(Nc3ccccc3P(C)(C)=O)n1)-c1cnn(C)c1CCN2C. The summed E-state index contributed by atoms with van der Waals surface area (Å²) in [6.45, 7) is 13.1. The van der Waals surface area contributed by atoms with Crippen LogP contribution in [0.4, 0.5) is 57.7 Å². The molecule has 0 radical (unpaired) electrons. The van der Waals surface area contributed by atoms with E-state index in [9.17, 15) is 4.57 Å². The Labute approximate surface area is 443 Å². The van der Waals surface area contributed by atoms with Gasteiger partial charge in [-0.05, 0) is 62.8 Å².